The van der Waals surface area contributed by atoms with Crippen molar-refractivity contribution in [3.05, 3.63) is 46.8 Å². The topological polar surface area (TPSA) is 61.4 Å². The molecule has 0 aromatic carbocycles. The Balaban J connectivity index is 2.18. The van der Waals surface area contributed by atoms with E-state index in [1.165, 1.54) is 13.2 Å². The van der Waals surface area contributed by atoms with Crippen molar-refractivity contribution in [3.63, 3.8) is 0 Å². The summed E-state index contributed by atoms with van der Waals surface area (Å²) in [6.45, 7) is -1.59. The lowest BCUT2D eigenvalue weighted by atomic mass is 10.1. The molecule has 3 rings (SSSR count). The molecule has 0 unspecified atom stereocenters. The minimum Gasteiger partial charge on any atom is -0.497 e. The molecule has 0 fully saturated rings. The lowest BCUT2D eigenvalue weighted by Gasteiger charge is -2.22. The summed E-state index contributed by atoms with van der Waals surface area (Å²) < 4.78 is 100.0. The van der Waals surface area contributed by atoms with Crippen molar-refractivity contribution in [2.45, 2.75) is 31.5 Å². The van der Waals surface area contributed by atoms with E-state index in [1.54, 1.807) is 0 Å². The van der Waals surface area contributed by atoms with Crippen LogP contribution in [0.25, 0.3) is 16.8 Å². The summed E-state index contributed by atoms with van der Waals surface area (Å²) in [6.07, 6.45) is -2.59. The van der Waals surface area contributed by atoms with E-state index in [4.69, 9.17) is 4.74 Å². The second kappa shape index (κ2) is 6.99. The smallest absolute Gasteiger partial charge is 0.434 e. The number of ether oxygens (including phenoxy) is 1. The number of aromatic nitrogens is 4. The second-order valence-electron chi connectivity index (χ2n) is 6.45. The summed E-state index contributed by atoms with van der Waals surface area (Å²) in [5.41, 5.74) is -4.54. The maximum Gasteiger partial charge on any atom is 0.434 e. The molecule has 0 saturated carbocycles. The SMILES string of the molecule is COc1ccn2c(=O)c(-c3cnn(CC(F)(F)C(C)(F)F)c3)c(C(F)(F)F)nc2c1. The van der Waals surface area contributed by atoms with Crippen LogP contribution in [0.3, 0.4) is 0 Å². The fourth-order valence-electron chi connectivity index (χ4n) is 2.63. The highest BCUT2D eigenvalue weighted by Gasteiger charge is 2.52. The molecule has 13 heteroatoms. The summed E-state index contributed by atoms with van der Waals surface area (Å²) in [5.74, 6) is -8.76. The van der Waals surface area contributed by atoms with Gasteiger partial charge >= 0.3 is 18.0 Å². The molecule has 0 spiro atoms. The van der Waals surface area contributed by atoms with Gasteiger partial charge in [-0.05, 0) is 6.07 Å². The fourth-order valence-corrected chi connectivity index (χ4v) is 2.63. The van der Waals surface area contributed by atoms with E-state index < -0.39 is 46.9 Å². The zero-order chi connectivity index (χ0) is 22.5. The molecule has 0 aliphatic rings. The van der Waals surface area contributed by atoms with Gasteiger partial charge in [0.15, 0.2) is 5.69 Å². The van der Waals surface area contributed by atoms with Gasteiger partial charge in [-0.1, -0.05) is 0 Å². The van der Waals surface area contributed by atoms with Crippen molar-refractivity contribution in [2.75, 3.05) is 7.11 Å². The first kappa shape index (κ1) is 21.6. The lowest BCUT2D eigenvalue weighted by molar-refractivity contribution is -0.205. The molecule has 0 aliphatic heterocycles. The largest absolute Gasteiger partial charge is 0.497 e. The van der Waals surface area contributed by atoms with Crippen LogP contribution in [0.15, 0.2) is 35.5 Å². The van der Waals surface area contributed by atoms with Gasteiger partial charge in [0.2, 0.25) is 0 Å². The Labute approximate surface area is 163 Å². The van der Waals surface area contributed by atoms with Crippen LogP contribution in [0.4, 0.5) is 30.7 Å². The molecule has 0 amide bonds. The molecule has 0 N–H and O–H groups in total. The summed E-state index contributed by atoms with van der Waals surface area (Å²) in [5, 5.41) is 3.40. The van der Waals surface area contributed by atoms with E-state index in [2.05, 4.69) is 10.1 Å². The zero-order valence-corrected chi connectivity index (χ0v) is 15.3. The van der Waals surface area contributed by atoms with Crippen LogP contribution in [0.2, 0.25) is 0 Å². The van der Waals surface area contributed by atoms with Gasteiger partial charge in [0.1, 0.15) is 17.9 Å². The number of halogens is 7. The van der Waals surface area contributed by atoms with E-state index in [9.17, 15) is 35.5 Å². The third-order valence-corrected chi connectivity index (χ3v) is 4.23. The standard InChI is InChI=1S/C17H13F7N4O2/c1-15(18,19)16(20,21)8-27-7-9(6-25-27)12-13(17(22,23)24)26-11-5-10(30-2)3-4-28(11)14(12)29/h3-7H,8H2,1-2H3. The molecule has 6 nitrogen and oxygen atoms in total. The fraction of sp³-hybridized carbons (Fsp3) is 0.353. The summed E-state index contributed by atoms with van der Waals surface area (Å²) in [7, 11) is 1.27. The van der Waals surface area contributed by atoms with Crippen LogP contribution in [0, 0.1) is 0 Å². The molecule has 3 heterocycles. The first-order valence-corrected chi connectivity index (χ1v) is 8.20. The van der Waals surface area contributed by atoms with Gasteiger partial charge in [0.25, 0.3) is 5.56 Å². The lowest BCUT2D eigenvalue weighted by Crippen LogP contribution is -2.41. The van der Waals surface area contributed by atoms with Crippen molar-refractivity contribution < 1.29 is 35.5 Å². The first-order valence-electron chi connectivity index (χ1n) is 8.20. The molecule has 0 saturated heterocycles. The van der Waals surface area contributed by atoms with Crippen molar-refractivity contribution in [1.82, 2.24) is 19.2 Å². The number of methoxy groups -OCH3 is 1. The average Bonchev–Trinajstić information content (AvgIpc) is 3.06. The van der Waals surface area contributed by atoms with Gasteiger partial charge in [0, 0.05) is 30.9 Å². The van der Waals surface area contributed by atoms with E-state index in [-0.39, 0.29) is 18.3 Å². The number of rotatable bonds is 5. The normalized spacial score (nSPS) is 13.1. The molecule has 0 radical (unpaired) electrons. The van der Waals surface area contributed by atoms with Gasteiger partial charge in [-0.15, -0.1) is 0 Å². The average molecular weight is 438 g/mol. The highest BCUT2D eigenvalue weighted by molar-refractivity contribution is 5.66. The predicted molar refractivity (Wildman–Crippen MR) is 89.8 cm³/mol. The van der Waals surface area contributed by atoms with Crippen LogP contribution in [-0.2, 0) is 12.7 Å². The van der Waals surface area contributed by atoms with E-state index in [0.29, 0.717) is 17.1 Å². The van der Waals surface area contributed by atoms with Gasteiger partial charge in [-0.2, -0.15) is 27.1 Å². The Morgan fingerprint density at radius 3 is 2.37 bits per heavy atom. The number of fused-ring (bicyclic) bond motifs is 1. The quantitative estimate of drug-likeness (QED) is 0.568. The zero-order valence-electron chi connectivity index (χ0n) is 15.3. The predicted octanol–water partition coefficient (Wildman–Crippen LogP) is 3.88. The molecule has 0 atom stereocenters. The Morgan fingerprint density at radius 2 is 1.80 bits per heavy atom. The van der Waals surface area contributed by atoms with E-state index >= 15 is 0 Å². The van der Waals surface area contributed by atoms with Crippen molar-refractivity contribution >= 4 is 5.65 Å². The Hall–Kier alpha value is -3.12. The Morgan fingerprint density at radius 1 is 1.13 bits per heavy atom. The molecular formula is C17H13F7N4O2. The third-order valence-electron chi connectivity index (χ3n) is 4.23. The molecule has 3 aromatic rings. The van der Waals surface area contributed by atoms with Crippen molar-refractivity contribution in [3.8, 4) is 16.9 Å². The van der Waals surface area contributed by atoms with Gasteiger partial charge in [-0.3, -0.25) is 13.9 Å². The van der Waals surface area contributed by atoms with Gasteiger partial charge in [-0.25, -0.2) is 13.8 Å². The molecule has 162 valence electrons. The van der Waals surface area contributed by atoms with Crippen LogP contribution >= 0.6 is 0 Å². The molecule has 3 aromatic heterocycles. The van der Waals surface area contributed by atoms with Crippen LogP contribution in [-0.4, -0.2) is 38.1 Å². The minimum atomic E-state index is -5.07. The maximum atomic E-state index is 13.6. The Kier molecular flexibility index (Phi) is 5.03. The summed E-state index contributed by atoms with van der Waals surface area (Å²) in [6, 6.07) is 2.41. The van der Waals surface area contributed by atoms with Crippen molar-refractivity contribution in [1.29, 1.82) is 0 Å². The number of alkyl halides is 7. The summed E-state index contributed by atoms with van der Waals surface area (Å²) >= 11 is 0. The maximum absolute atomic E-state index is 13.6. The third kappa shape index (κ3) is 3.83. The molecule has 0 bridgehead atoms. The van der Waals surface area contributed by atoms with Crippen LogP contribution in [0.1, 0.15) is 12.6 Å². The highest BCUT2D eigenvalue weighted by atomic mass is 19.4. The molecular weight excluding hydrogens is 425 g/mol. The van der Waals surface area contributed by atoms with Crippen molar-refractivity contribution in [2.24, 2.45) is 0 Å². The monoisotopic (exact) mass is 438 g/mol. The van der Waals surface area contributed by atoms with Gasteiger partial charge < -0.3 is 4.74 Å². The first-order chi connectivity index (χ1) is 13.7. The van der Waals surface area contributed by atoms with E-state index in [1.807, 2.05) is 0 Å². The van der Waals surface area contributed by atoms with Gasteiger partial charge in [0.05, 0.1) is 18.9 Å². The number of pyridine rings is 1. The van der Waals surface area contributed by atoms with E-state index in [0.717, 1.165) is 16.7 Å². The van der Waals surface area contributed by atoms with Crippen LogP contribution < -0.4 is 10.3 Å². The van der Waals surface area contributed by atoms with Crippen LogP contribution in [0.5, 0.6) is 5.75 Å². The number of hydrogen-bond acceptors (Lipinski definition) is 4. The molecule has 30 heavy (non-hydrogen) atoms. The highest BCUT2D eigenvalue weighted by Crippen LogP contribution is 2.36. The number of hydrogen-bond donors (Lipinski definition) is 0. The number of nitrogens with zero attached hydrogens (tertiary/aromatic N) is 4. The summed E-state index contributed by atoms with van der Waals surface area (Å²) in [4.78, 5) is 16.2. The Bertz CT molecular complexity index is 1150. The molecule has 0 aliphatic carbocycles. The minimum absolute atomic E-state index is 0.00703. The second-order valence-corrected chi connectivity index (χ2v) is 6.45.